The molecule has 5 heteroatoms. The summed E-state index contributed by atoms with van der Waals surface area (Å²) in [6.07, 6.45) is 3.67. The van der Waals surface area contributed by atoms with Gasteiger partial charge in [0.05, 0.1) is 6.04 Å². The molecule has 2 aromatic carbocycles. The lowest BCUT2D eigenvalue weighted by atomic mass is 9.95. The predicted octanol–water partition coefficient (Wildman–Crippen LogP) is 4.31. The first kappa shape index (κ1) is 14.7. The summed E-state index contributed by atoms with van der Waals surface area (Å²) in [6, 6.07) is 14.2. The Labute approximate surface area is 139 Å². The van der Waals surface area contributed by atoms with E-state index in [2.05, 4.69) is 66.5 Å². The number of nitrogens with zero attached hydrogens (tertiary/aromatic N) is 1. The smallest absolute Gasteiger partial charge is 0.0716 e. The van der Waals surface area contributed by atoms with Crippen LogP contribution in [0.25, 0.3) is 10.8 Å². The van der Waals surface area contributed by atoms with Gasteiger partial charge in [0.2, 0.25) is 0 Å². The summed E-state index contributed by atoms with van der Waals surface area (Å²) >= 11 is 7.05. The molecule has 1 aromatic heterocycles. The molecule has 0 amide bonds. The van der Waals surface area contributed by atoms with Gasteiger partial charge >= 0.3 is 0 Å². The molecule has 0 aliphatic rings. The molecule has 1 heterocycles. The van der Waals surface area contributed by atoms with Crippen molar-refractivity contribution in [1.29, 1.82) is 0 Å². The number of nitrogens with one attached hydrogen (secondary N) is 1. The van der Waals surface area contributed by atoms with Crippen molar-refractivity contribution in [3.8, 4) is 0 Å². The summed E-state index contributed by atoms with van der Waals surface area (Å²) in [4.78, 5) is 4.17. The minimum Gasteiger partial charge on any atom is -0.271 e. The van der Waals surface area contributed by atoms with Crippen LogP contribution in [0.4, 0.5) is 0 Å². The van der Waals surface area contributed by atoms with Gasteiger partial charge < -0.3 is 0 Å². The molecular weight excluding hydrogens is 394 g/mol. The zero-order valence-electron chi connectivity index (χ0n) is 11.1. The number of benzene rings is 2. The van der Waals surface area contributed by atoms with Gasteiger partial charge in [0, 0.05) is 26.7 Å². The van der Waals surface area contributed by atoms with E-state index in [-0.39, 0.29) is 6.04 Å². The van der Waals surface area contributed by atoms with Crippen LogP contribution in [0.1, 0.15) is 17.2 Å². The summed E-state index contributed by atoms with van der Waals surface area (Å²) in [6.45, 7) is 0. The number of halogens is 2. The maximum atomic E-state index is 5.83. The Hall–Kier alpha value is -1.27. The molecule has 0 spiro atoms. The molecule has 0 saturated carbocycles. The lowest BCUT2D eigenvalue weighted by Gasteiger charge is -2.19. The minimum absolute atomic E-state index is 0.0927. The first-order valence-electron chi connectivity index (χ1n) is 6.44. The minimum atomic E-state index is -0.0927. The predicted molar refractivity (Wildman–Crippen MR) is 92.8 cm³/mol. The van der Waals surface area contributed by atoms with Crippen LogP contribution in [0.5, 0.6) is 0 Å². The molecule has 3 nitrogen and oxygen atoms in total. The Morgan fingerprint density at radius 2 is 1.81 bits per heavy atom. The average molecular weight is 407 g/mol. The van der Waals surface area contributed by atoms with E-state index in [1.165, 1.54) is 0 Å². The highest BCUT2D eigenvalue weighted by Gasteiger charge is 2.16. The third-order valence-corrected chi connectivity index (χ3v) is 4.33. The van der Waals surface area contributed by atoms with Crippen LogP contribution in [0.2, 0.25) is 0 Å². The standard InChI is InChI=1S/C16H13Br2N3/c17-12-6-11(7-13(18)8-12)16(21-19)15-3-1-2-10-9-20-5-4-14(10)15/h1-9,16,21H,19H2. The van der Waals surface area contributed by atoms with Gasteiger partial charge in [-0.15, -0.1) is 0 Å². The second-order valence-electron chi connectivity index (χ2n) is 4.75. The van der Waals surface area contributed by atoms with Crippen molar-refractivity contribution in [2.75, 3.05) is 0 Å². The molecule has 1 atom stereocenters. The molecule has 0 fully saturated rings. The highest BCUT2D eigenvalue weighted by molar-refractivity contribution is 9.11. The Morgan fingerprint density at radius 3 is 2.52 bits per heavy atom. The number of aromatic nitrogens is 1. The van der Waals surface area contributed by atoms with Crippen LogP contribution in [-0.2, 0) is 0 Å². The van der Waals surface area contributed by atoms with Crippen molar-refractivity contribution < 1.29 is 0 Å². The van der Waals surface area contributed by atoms with Crippen LogP contribution < -0.4 is 11.3 Å². The summed E-state index contributed by atoms with van der Waals surface area (Å²) in [5.41, 5.74) is 5.13. The van der Waals surface area contributed by atoms with Crippen LogP contribution in [0.3, 0.4) is 0 Å². The Kier molecular flexibility index (Phi) is 4.35. The van der Waals surface area contributed by atoms with Crippen LogP contribution in [-0.4, -0.2) is 4.98 Å². The number of nitrogens with two attached hydrogens (primary N) is 1. The SMILES string of the molecule is NNC(c1cc(Br)cc(Br)c1)c1cccc2cnccc12. The molecule has 1 unspecified atom stereocenters. The summed E-state index contributed by atoms with van der Waals surface area (Å²) in [7, 11) is 0. The Bertz CT molecular complexity index is 764. The highest BCUT2D eigenvalue weighted by atomic mass is 79.9. The molecule has 0 bridgehead atoms. The van der Waals surface area contributed by atoms with Gasteiger partial charge in [0.15, 0.2) is 0 Å². The van der Waals surface area contributed by atoms with Crippen molar-refractivity contribution in [2.45, 2.75) is 6.04 Å². The molecule has 0 aliphatic carbocycles. The van der Waals surface area contributed by atoms with Gasteiger partial charge in [0.25, 0.3) is 0 Å². The second kappa shape index (κ2) is 6.23. The first-order valence-corrected chi connectivity index (χ1v) is 8.02. The zero-order valence-corrected chi connectivity index (χ0v) is 14.2. The topological polar surface area (TPSA) is 50.9 Å². The lowest BCUT2D eigenvalue weighted by Crippen LogP contribution is -2.29. The van der Waals surface area contributed by atoms with Crippen molar-refractivity contribution in [2.24, 2.45) is 5.84 Å². The van der Waals surface area contributed by atoms with Gasteiger partial charge in [-0.25, -0.2) is 5.43 Å². The summed E-state index contributed by atoms with van der Waals surface area (Å²) in [5.74, 6) is 5.83. The molecule has 3 aromatic rings. The number of hydrazine groups is 1. The van der Waals surface area contributed by atoms with E-state index in [1.807, 2.05) is 24.4 Å². The molecule has 21 heavy (non-hydrogen) atoms. The Morgan fingerprint density at radius 1 is 1.05 bits per heavy atom. The maximum Gasteiger partial charge on any atom is 0.0716 e. The number of hydrogen-bond donors (Lipinski definition) is 2. The fourth-order valence-electron chi connectivity index (χ4n) is 2.51. The lowest BCUT2D eigenvalue weighted by molar-refractivity contribution is 0.640. The molecule has 0 saturated heterocycles. The van der Waals surface area contributed by atoms with Gasteiger partial charge in [-0.3, -0.25) is 10.8 Å². The number of fused-ring (bicyclic) bond motifs is 1. The number of rotatable bonds is 3. The molecular formula is C16H13Br2N3. The van der Waals surface area contributed by atoms with Crippen LogP contribution in [0.15, 0.2) is 63.8 Å². The van der Waals surface area contributed by atoms with Crippen molar-refractivity contribution >= 4 is 42.6 Å². The second-order valence-corrected chi connectivity index (χ2v) is 6.58. The van der Waals surface area contributed by atoms with E-state index < -0.39 is 0 Å². The van der Waals surface area contributed by atoms with Crippen molar-refractivity contribution in [1.82, 2.24) is 10.4 Å². The van der Waals surface area contributed by atoms with E-state index in [9.17, 15) is 0 Å². The first-order chi connectivity index (χ1) is 10.2. The maximum absolute atomic E-state index is 5.83. The average Bonchev–Trinajstić information content (AvgIpc) is 2.47. The fourth-order valence-corrected chi connectivity index (χ4v) is 3.84. The van der Waals surface area contributed by atoms with Gasteiger partial charge in [-0.1, -0.05) is 50.1 Å². The zero-order chi connectivity index (χ0) is 14.8. The quantitative estimate of drug-likeness (QED) is 0.503. The van der Waals surface area contributed by atoms with E-state index in [4.69, 9.17) is 5.84 Å². The highest BCUT2D eigenvalue weighted by Crippen LogP contribution is 2.31. The van der Waals surface area contributed by atoms with E-state index in [1.54, 1.807) is 6.20 Å². The monoisotopic (exact) mass is 405 g/mol. The van der Waals surface area contributed by atoms with E-state index >= 15 is 0 Å². The normalized spacial score (nSPS) is 12.5. The largest absolute Gasteiger partial charge is 0.271 e. The number of pyridine rings is 1. The molecule has 0 radical (unpaired) electrons. The molecule has 106 valence electrons. The van der Waals surface area contributed by atoms with Crippen molar-refractivity contribution in [3.63, 3.8) is 0 Å². The summed E-state index contributed by atoms with van der Waals surface area (Å²) in [5, 5.41) is 2.25. The Balaban J connectivity index is 2.18. The van der Waals surface area contributed by atoms with Crippen LogP contribution >= 0.6 is 31.9 Å². The van der Waals surface area contributed by atoms with E-state index in [0.717, 1.165) is 30.8 Å². The third-order valence-electron chi connectivity index (χ3n) is 3.41. The van der Waals surface area contributed by atoms with Crippen molar-refractivity contribution in [3.05, 3.63) is 74.9 Å². The fraction of sp³-hybridized carbons (Fsp3) is 0.0625. The summed E-state index contributed by atoms with van der Waals surface area (Å²) < 4.78 is 2.02. The number of hydrogen-bond acceptors (Lipinski definition) is 3. The van der Waals surface area contributed by atoms with E-state index in [0.29, 0.717) is 0 Å². The molecule has 3 rings (SSSR count). The molecule has 3 N–H and O–H groups in total. The van der Waals surface area contributed by atoms with Crippen LogP contribution in [0, 0.1) is 0 Å². The van der Waals surface area contributed by atoms with Gasteiger partial charge in [-0.05, 0) is 40.8 Å². The third kappa shape index (κ3) is 3.01. The molecule has 0 aliphatic heterocycles. The van der Waals surface area contributed by atoms with Gasteiger partial charge in [0.1, 0.15) is 0 Å². The van der Waals surface area contributed by atoms with Gasteiger partial charge in [-0.2, -0.15) is 0 Å².